The van der Waals surface area contributed by atoms with E-state index in [2.05, 4.69) is 12.6 Å². The van der Waals surface area contributed by atoms with Crippen LogP contribution < -0.4 is 68.9 Å². The Morgan fingerprint density at radius 3 is 1.17 bits per heavy atom. The van der Waals surface area contributed by atoms with E-state index < -0.39 is 5.51 Å². The molecule has 0 aromatic rings. The van der Waals surface area contributed by atoms with Crippen molar-refractivity contribution >= 4 is 12.6 Å². The second-order valence-electron chi connectivity index (χ2n) is 0.446. The molecule has 0 heterocycles. The summed E-state index contributed by atoms with van der Waals surface area (Å²) in [5.74, 6) is 0. The van der Waals surface area contributed by atoms with Crippen molar-refractivity contribution in [2.75, 3.05) is 0 Å². The van der Waals surface area contributed by atoms with Crippen LogP contribution in [0, 0.1) is 0 Å². The van der Waals surface area contributed by atoms with Gasteiger partial charge in [-0.3, -0.25) is 0 Å². The first-order valence-corrected chi connectivity index (χ1v) is 1.18. The van der Waals surface area contributed by atoms with E-state index in [0.29, 0.717) is 0 Å². The summed E-state index contributed by atoms with van der Waals surface area (Å²) in [4.78, 5) is 0. The zero-order chi connectivity index (χ0) is 4.50. The molecule has 5 heteroatoms. The van der Waals surface area contributed by atoms with E-state index in [1.54, 1.807) is 0 Å². The van der Waals surface area contributed by atoms with Crippen molar-refractivity contribution in [3.05, 3.63) is 0 Å². The second kappa shape index (κ2) is 4.11. The molecule has 0 aromatic carbocycles. The normalized spacial score (nSPS) is 10.0. The molecule has 0 nitrogen and oxygen atoms in total. The van der Waals surface area contributed by atoms with Crippen LogP contribution in [0.2, 0.25) is 0 Å². The van der Waals surface area contributed by atoms with E-state index in [0.717, 1.165) is 0 Å². The molecule has 0 unspecified atom stereocenters. The SMILES string of the molecule is FC(F)(F)[S-].[Cs+]. The zero-order valence-electron chi connectivity index (χ0n) is 3.04. The molecule has 0 saturated carbocycles. The van der Waals surface area contributed by atoms with Crippen LogP contribution in [-0.2, 0) is 12.6 Å². The smallest absolute Gasteiger partial charge is 0.680 e. The van der Waals surface area contributed by atoms with Crippen LogP contribution in [0.15, 0.2) is 0 Å². The minimum Gasteiger partial charge on any atom is -0.680 e. The van der Waals surface area contributed by atoms with Crippen LogP contribution >= 0.6 is 0 Å². The number of hydrogen-bond acceptors (Lipinski definition) is 1. The molecule has 0 atom stereocenters. The van der Waals surface area contributed by atoms with Gasteiger partial charge in [0.05, 0.1) is 0 Å². The van der Waals surface area contributed by atoms with Gasteiger partial charge in [-0.15, -0.1) is 0 Å². The van der Waals surface area contributed by atoms with Gasteiger partial charge in [-0.2, -0.15) is 13.2 Å². The first-order valence-electron chi connectivity index (χ1n) is 0.771. The van der Waals surface area contributed by atoms with Gasteiger partial charge in [0.25, 0.3) is 5.51 Å². The number of alkyl halides is 3. The fourth-order valence-corrected chi connectivity index (χ4v) is 0. The molecule has 0 N–H and O–H groups in total. The van der Waals surface area contributed by atoms with Gasteiger partial charge in [-0.1, -0.05) is 0 Å². The van der Waals surface area contributed by atoms with Crippen molar-refractivity contribution in [2.45, 2.75) is 5.51 Å². The largest absolute Gasteiger partial charge is 1.00 e. The zero-order valence-corrected chi connectivity index (χ0v) is 10.1. The second-order valence-corrected chi connectivity index (χ2v) is 0.909. The van der Waals surface area contributed by atoms with Crippen molar-refractivity contribution < 1.29 is 82.1 Å². The van der Waals surface area contributed by atoms with Gasteiger partial charge in [0.1, 0.15) is 0 Å². The third-order valence-electron chi connectivity index (χ3n) is 0. The molecule has 6 heavy (non-hydrogen) atoms. The molecule has 0 aliphatic heterocycles. The number of hydrogen-bond donors (Lipinski definition) is 0. The average molecular weight is 234 g/mol. The van der Waals surface area contributed by atoms with Crippen LogP contribution in [0.5, 0.6) is 0 Å². The standard InChI is InChI=1S/CHF3S.Cs/c2-1(3,4)5;/h5H;/q;+1/p-1. The summed E-state index contributed by atoms with van der Waals surface area (Å²) in [6, 6.07) is 0. The van der Waals surface area contributed by atoms with E-state index in [9.17, 15) is 13.2 Å². The van der Waals surface area contributed by atoms with Crippen molar-refractivity contribution in [1.29, 1.82) is 0 Å². The van der Waals surface area contributed by atoms with Crippen molar-refractivity contribution in [1.82, 2.24) is 0 Å². The summed E-state index contributed by atoms with van der Waals surface area (Å²) >= 11 is 2.83. The van der Waals surface area contributed by atoms with Gasteiger partial charge in [0.15, 0.2) is 0 Å². The minimum atomic E-state index is -4.42. The van der Waals surface area contributed by atoms with Gasteiger partial charge >= 0.3 is 68.9 Å². The molecule has 0 aromatic heterocycles. The molecule has 0 spiro atoms. The summed E-state index contributed by atoms with van der Waals surface area (Å²) in [5.41, 5.74) is -4.42. The van der Waals surface area contributed by atoms with Gasteiger partial charge in [-0.05, 0) is 0 Å². The van der Waals surface area contributed by atoms with E-state index in [1.807, 2.05) is 0 Å². The molecule has 32 valence electrons. The van der Waals surface area contributed by atoms with Crippen molar-refractivity contribution in [3.63, 3.8) is 0 Å². The van der Waals surface area contributed by atoms with Gasteiger partial charge in [0.2, 0.25) is 0 Å². The van der Waals surface area contributed by atoms with E-state index in [4.69, 9.17) is 0 Å². The molecular weight excluding hydrogens is 234 g/mol. The maximum atomic E-state index is 10.2. The fraction of sp³-hybridized carbons (Fsp3) is 1.00. The Bertz CT molecular complexity index is 26.3. The summed E-state index contributed by atoms with van der Waals surface area (Å²) < 4.78 is 30.5. The Labute approximate surface area is 97.7 Å². The number of halogens is 3. The Balaban J connectivity index is 0. The molecule has 0 aliphatic carbocycles. The Hall–Kier alpha value is 2.19. The molecule has 0 amide bonds. The predicted octanol–water partition coefficient (Wildman–Crippen LogP) is -1.94. The third kappa shape index (κ3) is 34.7. The molecular formula is CCsF3S. The molecule has 0 saturated heterocycles. The first kappa shape index (κ1) is 11.1. The first-order chi connectivity index (χ1) is 2.00. The Morgan fingerprint density at radius 2 is 1.17 bits per heavy atom. The van der Waals surface area contributed by atoms with E-state index in [-0.39, 0.29) is 68.9 Å². The summed E-state index contributed by atoms with van der Waals surface area (Å²) in [7, 11) is 0. The monoisotopic (exact) mass is 234 g/mol. The number of rotatable bonds is 0. The van der Waals surface area contributed by atoms with Crippen molar-refractivity contribution in [3.8, 4) is 0 Å². The molecule has 0 fully saturated rings. The summed E-state index contributed by atoms with van der Waals surface area (Å²) in [6.07, 6.45) is 0. The average Bonchev–Trinajstić information content (AvgIpc) is 0.722. The predicted molar refractivity (Wildman–Crippen MR) is 13.4 cm³/mol. The van der Waals surface area contributed by atoms with Crippen molar-refractivity contribution in [2.24, 2.45) is 0 Å². The molecule has 0 radical (unpaired) electrons. The maximum Gasteiger partial charge on any atom is 1.00 e. The van der Waals surface area contributed by atoms with Gasteiger partial charge < -0.3 is 12.6 Å². The Morgan fingerprint density at radius 1 is 1.17 bits per heavy atom. The Kier molecular flexibility index (Phi) is 7.57. The quantitative estimate of drug-likeness (QED) is 0.439. The van der Waals surface area contributed by atoms with Crippen LogP contribution in [-0.4, -0.2) is 5.51 Å². The van der Waals surface area contributed by atoms with Crippen LogP contribution in [0.3, 0.4) is 0 Å². The third-order valence-corrected chi connectivity index (χ3v) is 0. The van der Waals surface area contributed by atoms with E-state index in [1.165, 1.54) is 0 Å². The maximum absolute atomic E-state index is 10.2. The fourth-order valence-electron chi connectivity index (χ4n) is 0. The minimum absolute atomic E-state index is 0. The molecule has 0 rings (SSSR count). The molecule has 0 aliphatic rings. The van der Waals surface area contributed by atoms with Crippen LogP contribution in [0.1, 0.15) is 0 Å². The molecule has 0 bridgehead atoms. The van der Waals surface area contributed by atoms with Gasteiger partial charge in [-0.25, -0.2) is 0 Å². The van der Waals surface area contributed by atoms with Crippen LogP contribution in [0.4, 0.5) is 13.2 Å². The van der Waals surface area contributed by atoms with E-state index >= 15 is 0 Å². The topological polar surface area (TPSA) is 0 Å². The van der Waals surface area contributed by atoms with Crippen LogP contribution in [0.25, 0.3) is 0 Å². The van der Waals surface area contributed by atoms with Gasteiger partial charge in [0, 0.05) is 0 Å². The summed E-state index contributed by atoms with van der Waals surface area (Å²) in [5, 5.41) is 0. The summed E-state index contributed by atoms with van der Waals surface area (Å²) in [6.45, 7) is 0.